The molecule has 1 fully saturated rings. The summed E-state index contributed by atoms with van der Waals surface area (Å²) in [6, 6.07) is 12.0. The van der Waals surface area contributed by atoms with E-state index in [2.05, 4.69) is 4.90 Å². The Labute approximate surface area is 189 Å². The summed E-state index contributed by atoms with van der Waals surface area (Å²) in [5, 5.41) is 0.672. The average Bonchev–Trinajstić information content (AvgIpc) is 2.77. The van der Waals surface area contributed by atoms with Crippen molar-refractivity contribution in [2.45, 2.75) is 18.7 Å². The first kappa shape index (κ1) is 23.7. The molecule has 2 aromatic carbocycles. The fourth-order valence-corrected chi connectivity index (χ4v) is 4.92. The molecule has 0 aliphatic carbocycles. The van der Waals surface area contributed by atoms with Crippen LogP contribution in [-0.2, 0) is 10.0 Å². The Hall–Kier alpha value is -2.00. The Balaban J connectivity index is 1.55. The van der Waals surface area contributed by atoms with Gasteiger partial charge in [0.1, 0.15) is 12.4 Å². The van der Waals surface area contributed by atoms with Crippen LogP contribution in [0, 0.1) is 0 Å². The van der Waals surface area contributed by atoms with E-state index in [1.807, 2.05) is 26.0 Å². The van der Waals surface area contributed by atoms with Crippen molar-refractivity contribution in [1.82, 2.24) is 9.21 Å². The molecule has 0 unspecified atom stereocenters. The van der Waals surface area contributed by atoms with Gasteiger partial charge in [-0.05, 0) is 50.2 Å². The van der Waals surface area contributed by atoms with Crippen LogP contribution in [0.15, 0.2) is 47.4 Å². The van der Waals surface area contributed by atoms with Gasteiger partial charge >= 0.3 is 0 Å². The van der Waals surface area contributed by atoms with E-state index in [1.165, 1.54) is 4.31 Å². The number of benzene rings is 2. The predicted octanol–water partition coefficient (Wildman–Crippen LogP) is 3.52. The van der Waals surface area contributed by atoms with Gasteiger partial charge in [0, 0.05) is 43.8 Å². The summed E-state index contributed by atoms with van der Waals surface area (Å²) in [5.74, 6) is 1.77. The lowest BCUT2D eigenvalue weighted by molar-refractivity contribution is 0.159. The zero-order valence-electron chi connectivity index (χ0n) is 17.9. The monoisotopic (exact) mass is 468 g/mol. The van der Waals surface area contributed by atoms with Crippen LogP contribution in [0.1, 0.15) is 13.8 Å². The van der Waals surface area contributed by atoms with Gasteiger partial charge in [0.05, 0.1) is 18.1 Å². The highest BCUT2D eigenvalue weighted by Crippen LogP contribution is 2.31. The Bertz CT molecular complexity index is 945. The summed E-state index contributed by atoms with van der Waals surface area (Å²) in [4.78, 5) is 2.42. The van der Waals surface area contributed by atoms with Gasteiger partial charge in [-0.15, -0.1) is 0 Å². The number of ether oxygens (including phenoxy) is 3. The molecule has 0 atom stereocenters. The van der Waals surface area contributed by atoms with Crippen molar-refractivity contribution in [2.24, 2.45) is 0 Å². The van der Waals surface area contributed by atoms with Gasteiger partial charge in [0.25, 0.3) is 0 Å². The first-order valence-electron chi connectivity index (χ1n) is 10.4. The van der Waals surface area contributed by atoms with Gasteiger partial charge in [0.15, 0.2) is 11.5 Å². The van der Waals surface area contributed by atoms with Gasteiger partial charge < -0.3 is 14.2 Å². The highest BCUT2D eigenvalue weighted by molar-refractivity contribution is 7.89. The summed E-state index contributed by atoms with van der Waals surface area (Å²) in [7, 11) is -3.60. The van der Waals surface area contributed by atoms with Crippen molar-refractivity contribution >= 4 is 21.6 Å². The van der Waals surface area contributed by atoms with Crippen LogP contribution in [0.5, 0.6) is 17.2 Å². The molecule has 9 heteroatoms. The maximum atomic E-state index is 13.1. The molecule has 0 spiro atoms. The molecule has 0 saturated carbocycles. The van der Waals surface area contributed by atoms with E-state index in [9.17, 15) is 8.42 Å². The quantitative estimate of drug-likeness (QED) is 0.531. The number of sulfonamides is 1. The molecule has 31 heavy (non-hydrogen) atoms. The lowest BCUT2D eigenvalue weighted by Gasteiger charge is -2.33. The maximum Gasteiger partial charge on any atom is 0.243 e. The van der Waals surface area contributed by atoms with Crippen molar-refractivity contribution in [3.63, 3.8) is 0 Å². The van der Waals surface area contributed by atoms with Gasteiger partial charge in [-0.3, -0.25) is 4.90 Å². The normalized spacial score (nSPS) is 15.6. The van der Waals surface area contributed by atoms with Crippen LogP contribution in [0.2, 0.25) is 5.02 Å². The van der Waals surface area contributed by atoms with Crippen LogP contribution in [0.3, 0.4) is 0 Å². The average molecular weight is 469 g/mol. The van der Waals surface area contributed by atoms with Crippen LogP contribution in [0.25, 0.3) is 0 Å². The van der Waals surface area contributed by atoms with Crippen LogP contribution >= 0.6 is 11.6 Å². The molecule has 0 amide bonds. The van der Waals surface area contributed by atoms with Gasteiger partial charge in [-0.2, -0.15) is 4.31 Å². The van der Waals surface area contributed by atoms with Gasteiger partial charge in [-0.25, -0.2) is 8.42 Å². The second kappa shape index (κ2) is 11.0. The molecule has 170 valence electrons. The van der Waals surface area contributed by atoms with Crippen molar-refractivity contribution in [3.8, 4) is 17.2 Å². The number of nitrogens with zero attached hydrogens (tertiary/aromatic N) is 2. The van der Waals surface area contributed by atoms with Crippen molar-refractivity contribution in [3.05, 3.63) is 47.5 Å². The number of piperazine rings is 1. The van der Waals surface area contributed by atoms with E-state index in [-0.39, 0.29) is 4.90 Å². The fraction of sp³-hybridized carbons (Fsp3) is 0.455. The molecule has 1 heterocycles. The molecule has 1 aliphatic rings. The summed E-state index contributed by atoms with van der Waals surface area (Å²) in [6.07, 6.45) is 0. The molecule has 1 saturated heterocycles. The summed E-state index contributed by atoms with van der Waals surface area (Å²) >= 11 is 5.88. The minimum Gasteiger partial charge on any atom is -0.492 e. The zero-order chi connectivity index (χ0) is 22.3. The molecular weight excluding hydrogens is 440 g/mol. The van der Waals surface area contributed by atoms with E-state index in [4.69, 9.17) is 25.8 Å². The van der Waals surface area contributed by atoms with E-state index >= 15 is 0 Å². The van der Waals surface area contributed by atoms with Crippen LogP contribution in [0.4, 0.5) is 0 Å². The minimum absolute atomic E-state index is 0.221. The highest BCUT2D eigenvalue weighted by atomic mass is 35.5. The zero-order valence-corrected chi connectivity index (χ0v) is 19.5. The predicted molar refractivity (Wildman–Crippen MR) is 121 cm³/mol. The summed E-state index contributed by atoms with van der Waals surface area (Å²) in [5.41, 5.74) is 0. The van der Waals surface area contributed by atoms with Crippen LogP contribution in [-0.4, -0.2) is 70.2 Å². The molecule has 7 nitrogen and oxygen atoms in total. The molecule has 0 N–H and O–H groups in total. The number of hydrogen-bond acceptors (Lipinski definition) is 6. The molecule has 0 aromatic heterocycles. The summed E-state index contributed by atoms with van der Waals surface area (Å²) < 4.78 is 44.6. The molecule has 0 radical (unpaired) electrons. The highest BCUT2D eigenvalue weighted by Gasteiger charge is 2.29. The maximum absolute atomic E-state index is 13.1. The summed E-state index contributed by atoms with van der Waals surface area (Å²) in [6.45, 7) is 8.07. The van der Waals surface area contributed by atoms with Crippen molar-refractivity contribution in [2.75, 3.05) is 52.5 Å². The Morgan fingerprint density at radius 3 is 2.16 bits per heavy atom. The first-order chi connectivity index (χ1) is 14.9. The molecular formula is C22H29ClN2O5S. The van der Waals surface area contributed by atoms with Crippen molar-refractivity contribution < 1.29 is 22.6 Å². The topological polar surface area (TPSA) is 68.3 Å². The van der Waals surface area contributed by atoms with Crippen molar-refractivity contribution in [1.29, 1.82) is 0 Å². The van der Waals surface area contributed by atoms with Gasteiger partial charge in [-0.1, -0.05) is 11.6 Å². The minimum atomic E-state index is -3.60. The molecule has 0 bridgehead atoms. The Morgan fingerprint density at radius 1 is 0.871 bits per heavy atom. The number of hydrogen-bond donors (Lipinski definition) is 0. The lowest BCUT2D eigenvalue weighted by Crippen LogP contribution is -2.49. The largest absolute Gasteiger partial charge is 0.492 e. The van der Waals surface area contributed by atoms with Crippen LogP contribution < -0.4 is 14.2 Å². The second-order valence-electron chi connectivity index (χ2n) is 7.02. The molecule has 2 aromatic rings. The SMILES string of the molecule is CCOc1ccc(S(=O)(=O)N2CCN(CCOc3ccc(Cl)cc3)CC2)cc1OCC. The number of halogens is 1. The lowest BCUT2D eigenvalue weighted by atomic mass is 10.3. The van der Waals surface area contributed by atoms with E-state index in [0.717, 1.165) is 12.3 Å². The third-order valence-electron chi connectivity index (χ3n) is 4.97. The third kappa shape index (κ3) is 6.26. The standard InChI is InChI=1S/C22H29ClN2O5S/c1-3-28-21-10-9-20(17-22(21)29-4-2)31(26,27)25-13-11-24(12-14-25)15-16-30-19-7-5-18(23)6-8-19/h5-10,17H,3-4,11-16H2,1-2H3. The third-order valence-corrected chi connectivity index (χ3v) is 7.12. The Morgan fingerprint density at radius 2 is 1.52 bits per heavy atom. The first-order valence-corrected chi connectivity index (χ1v) is 12.3. The smallest absolute Gasteiger partial charge is 0.243 e. The molecule has 1 aliphatic heterocycles. The molecule has 3 rings (SSSR count). The Kier molecular flexibility index (Phi) is 8.43. The fourth-order valence-electron chi connectivity index (χ4n) is 3.36. The van der Waals surface area contributed by atoms with E-state index < -0.39 is 10.0 Å². The van der Waals surface area contributed by atoms with Gasteiger partial charge in [0.2, 0.25) is 10.0 Å². The second-order valence-corrected chi connectivity index (χ2v) is 9.40. The van der Waals surface area contributed by atoms with E-state index in [1.54, 1.807) is 30.3 Å². The van der Waals surface area contributed by atoms with E-state index in [0.29, 0.717) is 62.5 Å². The number of rotatable bonds is 10.